The van der Waals surface area contributed by atoms with Crippen molar-refractivity contribution in [1.82, 2.24) is 0 Å². The predicted molar refractivity (Wildman–Crippen MR) is 206 cm³/mol. The maximum Gasteiger partial charge on any atom is 0.200 e. The molecule has 2 heterocycles. The lowest BCUT2D eigenvalue weighted by molar-refractivity contribution is 0.590. The molecule has 0 spiro atoms. The highest BCUT2D eigenvalue weighted by Crippen LogP contribution is 2.55. The number of rotatable bonds is 3. The summed E-state index contributed by atoms with van der Waals surface area (Å²) in [5.74, 6) is 0. The van der Waals surface area contributed by atoms with Crippen LogP contribution in [0.1, 0.15) is 52.7 Å². The molecule has 0 N–H and O–H groups in total. The second-order valence-electron chi connectivity index (χ2n) is 15.1. The molecule has 0 saturated heterocycles. The summed E-state index contributed by atoms with van der Waals surface area (Å²) < 4.78 is 6.24. The lowest BCUT2D eigenvalue weighted by Crippen LogP contribution is -2.26. The van der Waals surface area contributed by atoms with Crippen LogP contribution in [0.2, 0.25) is 0 Å². The Kier molecular flexibility index (Phi) is 7.04. The lowest BCUT2D eigenvalue weighted by Gasteiger charge is -2.42. The number of nitrogens with zero attached hydrogens (tertiary/aromatic N) is 2. The topological polar surface area (TPSA) is 36.7 Å². The van der Waals surface area contributed by atoms with E-state index in [-0.39, 0.29) is 16.3 Å². The van der Waals surface area contributed by atoms with E-state index in [1.54, 1.807) is 0 Å². The molecule has 8 rings (SSSR count). The van der Waals surface area contributed by atoms with Crippen molar-refractivity contribution in [3.8, 4) is 11.1 Å². The van der Waals surface area contributed by atoms with Crippen LogP contribution in [0.5, 0.6) is 0 Å². The van der Waals surface area contributed by atoms with Crippen molar-refractivity contribution >= 4 is 56.1 Å². The van der Waals surface area contributed by atoms with Crippen molar-refractivity contribution in [2.75, 3.05) is 9.80 Å². The molecule has 0 unspecified atom stereocenters. The molecule has 0 aliphatic carbocycles. The summed E-state index contributed by atoms with van der Waals surface area (Å²) in [7, 11) is 0. The Bertz CT molecular complexity index is 2380. The Balaban J connectivity index is 1.34. The van der Waals surface area contributed by atoms with Crippen molar-refractivity contribution in [1.29, 1.82) is 0 Å². The summed E-state index contributed by atoms with van der Waals surface area (Å²) in [6.45, 7) is 13.6. The molecule has 6 aromatic carbocycles. The van der Waals surface area contributed by atoms with Crippen molar-refractivity contribution in [3.05, 3.63) is 155 Å². The summed E-state index contributed by atoms with van der Waals surface area (Å²) in [6, 6.07) is 46.5. The van der Waals surface area contributed by atoms with Crippen LogP contribution in [0, 0.1) is 0 Å². The van der Waals surface area contributed by atoms with Crippen LogP contribution in [0.15, 0.2) is 143 Å². The number of anilines is 6. The SMILES string of the molecule is CC(C)(C)c1ccc2c(c1)N(c1ccccc1)c1cc(C(C)(C)C)ccc1N2c1cccc(-c2ccc3c(=O)c4ccccc4oc3c2)c1. The highest BCUT2D eigenvalue weighted by molar-refractivity contribution is 6.02. The molecule has 1 aromatic heterocycles. The third kappa shape index (κ3) is 5.28. The Morgan fingerprint density at radius 2 is 1.00 bits per heavy atom. The van der Waals surface area contributed by atoms with Crippen LogP contribution in [-0.2, 0) is 10.8 Å². The van der Waals surface area contributed by atoms with Gasteiger partial charge in [0.15, 0.2) is 0 Å². The first-order chi connectivity index (χ1) is 23.5. The molecule has 0 amide bonds. The van der Waals surface area contributed by atoms with Gasteiger partial charge in [0, 0.05) is 11.4 Å². The average Bonchev–Trinajstić information content (AvgIpc) is 3.09. The average molecular weight is 641 g/mol. The maximum atomic E-state index is 13.3. The van der Waals surface area contributed by atoms with Crippen LogP contribution < -0.4 is 15.2 Å². The molecular weight excluding hydrogens is 601 g/mol. The van der Waals surface area contributed by atoms with Gasteiger partial charge in [-0.25, -0.2) is 0 Å². The molecule has 0 fully saturated rings. The largest absolute Gasteiger partial charge is 0.456 e. The Hall–Kier alpha value is -5.61. The van der Waals surface area contributed by atoms with E-state index in [1.807, 2.05) is 42.5 Å². The van der Waals surface area contributed by atoms with Crippen LogP contribution in [0.3, 0.4) is 0 Å². The summed E-state index contributed by atoms with van der Waals surface area (Å²) in [5, 5.41) is 1.18. The molecule has 49 heavy (non-hydrogen) atoms. The highest BCUT2D eigenvalue weighted by atomic mass is 16.3. The van der Waals surface area contributed by atoms with Gasteiger partial charge in [-0.3, -0.25) is 4.79 Å². The molecule has 1 aliphatic rings. The van der Waals surface area contributed by atoms with Crippen molar-refractivity contribution < 1.29 is 4.42 Å². The first-order valence-corrected chi connectivity index (χ1v) is 17.0. The number of para-hydroxylation sites is 2. The van der Waals surface area contributed by atoms with E-state index in [1.165, 1.54) is 11.1 Å². The van der Waals surface area contributed by atoms with E-state index >= 15 is 0 Å². The van der Waals surface area contributed by atoms with E-state index in [0.717, 1.165) is 45.3 Å². The number of fused-ring (bicyclic) bond motifs is 4. The van der Waals surface area contributed by atoms with E-state index in [2.05, 4.69) is 142 Å². The molecule has 242 valence electrons. The van der Waals surface area contributed by atoms with Crippen LogP contribution in [0.4, 0.5) is 34.1 Å². The minimum absolute atomic E-state index is 0.00842. The smallest absolute Gasteiger partial charge is 0.200 e. The quantitative estimate of drug-likeness (QED) is 0.180. The van der Waals surface area contributed by atoms with Crippen LogP contribution in [0.25, 0.3) is 33.1 Å². The minimum atomic E-state index is -0.0217. The van der Waals surface area contributed by atoms with E-state index in [4.69, 9.17) is 4.42 Å². The van der Waals surface area contributed by atoms with Crippen molar-refractivity contribution in [2.45, 2.75) is 52.4 Å². The maximum absolute atomic E-state index is 13.3. The molecule has 7 aromatic rings. The van der Waals surface area contributed by atoms with Gasteiger partial charge in [-0.2, -0.15) is 0 Å². The van der Waals surface area contributed by atoms with Gasteiger partial charge in [0.05, 0.1) is 33.5 Å². The van der Waals surface area contributed by atoms with Gasteiger partial charge in [-0.05, 0) is 106 Å². The van der Waals surface area contributed by atoms with Gasteiger partial charge in [-0.15, -0.1) is 0 Å². The first-order valence-electron chi connectivity index (χ1n) is 17.0. The number of benzene rings is 6. The second-order valence-corrected chi connectivity index (χ2v) is 15.1. The summed E-state index contributed by atoms with van der Waals surface area (Å²) in [5.41, 5.74) is 12.4. The zero-order chi connectivity index (χ0) is 34.1. The standard InChI is InChI=1S/C45H40N2O2/c1-44(2,3)31-20-23-37-39(27-31)46(33-14-8-7-9-15-33)40-28-32(45(4,5)6)21-24-38(40)47(37)34-16-12-13-29(25-34)30-19-22-36-42(26-30)49-41-18-11-10-17-35(41)43(36)48/h7-28H,1-6H3. The fourth-order valence-electron chi connectivity index (χ4n) is 6.91. The van der Waals surface area contributed by atoms with Crippen molar-refractivity contribution in [3.63, 3.8) is 0 Å². The fraction of sp³-hybridized carbons (Fsp3) is 0.178. The lowest BCUT2D eigenvalue weighted by atomic mass is 9.84. The Labute approximate surface area is 287 Å². The minimum Gasteiger partial charge on any atom is -0.456 e. The van der Waals surface area contributed by atoms with Crippen molar-refractivity contribution in [2.24, 2.45) is 0 Å². The molecule has 0 atom stereocenters. The third-order valence-electron chi connectivity index (χ3n) is 9.68. The molecule has 0 radical (unpaired) electrons. The van der Waals surface area contributed by atoms with Gasteiger partial charge < -0.3 is 14.2 Å². The third-order valence-corrected chi connectivity index (χ3v) is 9.68. The molecule has 4 heteroatoms. The zero-order valence-corrected chi connectivity index (χ0v) is 28.9. The summed E-state index contributed by atoms with van der Waals surface area (Å²) in [4.78, 5) is 18.1. The normalized spacial score (nSPS) is 13.1. The highest BCUT2D eigenvalue weighted by Gasteiger charge is 2.33. The second kappa shape index (κ2) is 11.2. The zero-order valence-electron chi connectivity index (χ0n) is 28.9. The van der Waals surface area contributed by atoms with Gasteiger partial charge in [0.2, 0.25) is 5.43 Å². The summed E-state index contributed by atoms with van der Waals surface area (Å²) >= 11 is 0. The molecule has 4 nitrogen and oxygen atoms in total. The fourth-order valence-corrected chi connectivity index (χ4v) is 6.91. The monoisotopic (exact) mass is 640 g/mol. The van der Waals surface area contributed by atoms with Crippen LogP contribution >= 0.6 is 0 Å². The van der Waals surface area contributed by atoms with E-state index in [9.17, 15) is 4.79 Å². The number of hydrogen-bond acceptors (Lipinski definition) is 4. The summed E-state index contributed by atoms with van der Waals surface area (Å²) in [6.07, 6.45) is 0. The number of hydrogen-bond donors (Lipinski definition) is 0. The molecule has 0 bridgehead atoms. The molecule has 1 aliphatic heterocycles. The van der Waals surface area contributed by atoms with Gasteiger partial charge in [0.25, 0.3) is 0 Å². The van der Waals surface area contributed by atoms with Gasteiger partial charge in [0.1, 0.15) is 11.2 Å². The van der Waals surface area contributed by atoms with E-state index in [0.29, 0.717) is 21.9 Å². The Morgan fingerprint density at radius 3 is 1.65 bits per heavy atom. The molecule has 0 saturated carbocycles. The van der Waals surface area contributed by atoms with Gasteiger partial charge in [-0.1, -0.05) is 102 Å². The first kappa shape index (κ1) is 30.7. The van der Waals surface area contributed by atoms with Crippen LogP contribution in [-0.4, -0.2) is 0 Å². The van der Waals surface area contributed by atoms with E-state index < -0.39 is 0 Å². The van der Waals surface area contributed by atoms with Gasteiger partial charge >= 0.3 is 0 Å². The molecular formula is C45H40N2O2. The predicted octanol–water partition coefficient (Wildman–Crippen LogP) is 12.5. The Morgan fingerprint density at radius 1 is 0.449 bits per heavy atom.